The molecule has 2 amide bonds. The highest BCUT2D eigenvalue weighted by Gasteiger charge is 1.96. The maximum atomic E-state index is 10.3. The fraction of sp³-hybridized carbons (Fsp3) is 0.529. The number of carbonyl (C=O) groups excluding carboxylic acids is 2. The van der Waals surface area contributed by atoms with Crippen molar-refractivity contribution in [3.63, 3.8) is 0 Å². The van der Waals surface area contributed by atoms with Gasteiger partial charge in [0.25, 0.3) is 0 Å². The molecule has 0 aromatic heterocycles. The molecule has 0 heterocycles. The molecule has 4 heteroatoms. The van der Waals surface area contributed by atoms with Crippen LogP contribution >= 0.6 is 0 Å². The number of hydrogen-bond acceptors (Lipinski definition) is 2. The van der Waals surface area contributed by atoms with Crippen LogP contribution in [0.4, 0.5) is 0 Å². The van der Waals surface area contributed by atoms with Crippen molar-refractivity contribution in [2.75, 3.05) is 0 Å². The quantitative estimate of drug-likeness (QED) is 0.722. The molecular formula is C17H28N2O2. The van der Waals surface area contributed by atoms with E-state index in [2.05, 4.69) is 38.1 Å². The highest BCUT2D eigenvalue weighted by atomic mass is 16.1. The summed E-state index contributed by atoms with van der Waals surface area (Å²) in [5, 5.41) is 0. The number of unbranched alkanes of at least 4 members (excludes halogenated alkanes) is 4. The summed E-state index contributed by atoms with van der Waals surface area (Å²) in [7, 11) is 0. The normalized spacial score (nSPS) is 9.62. The number of hydrogen-bond donors (Lipinski definition) is 2. The summed E-state index contributed by atoms with van der Waals surface area (Å²) in [5.74, 6) is -0.478. The molecule has 0 spiro atoms. The van der Waals surface area contributed by atoms with Gasteiger partial charge in [-0.05, 0) is 26.7 Å². The minimum Gasteiger partial charge on any atom is -0.370 e. The Kier molecular flexibility index (Phi) is 10.9. The van der Waals surface area contributed by atoms with Crippen molar-refractivity contribution in [3.8, 4) is 0 Å². The first-order valence-corrected chi connectivity index (χ1v) is 7.51. The highest BCUT2D eigenvalue weighted by Crippen LogP contribution is 2.06. The molecule has 0 saturated carbocycles. The molecule has 4 N–H and O–H groups in total. The van der Waals surface area contributed by atoms with E-state index in [9.17, 15) is 9.59 Å². The second-order valence-corrected chi connectivity index (χ2v) is 5.36. The molecule has 0 radical (unpaired) electrons. The van der Waals surface area contributed by atoms with Crippen LogP contribution in [0, 0.1) is 13.8 Å². The van der Waals surface area contributed by atoms with Crippen molar-refractivity contribution >= 4 is 11.8 Å². The Balaban J connectivity index is 0.000000423. The second kappa shape index (κ2) is 11.9. The fourth-order valence-electron chi connectivity index (χ4n) is 1.77. The van der Waals surface area contributed by atoms with Crippen LogP contribution in [0.1, 0.15) is 56.1 Å². The Morgan fingerprint density at radius 3 is 1.29 bits per heavy atom. The number of carbonyl (C=O) groups is 2. The monoisotopic (exact) mass is 292 g/mol. The highest BCUT2D eigenvalue weighted by molar-refractivity contribution is 5.73. The van der Waals surface area contributed by atoms with Crippen LogP contribution in [0.2, 0.25) is 0 Å². The molecule has 1 aromatic rings. The topological polar surface area (TPSA) is 86.2 Å². The predicted octanol–water partition coefficient (Wildman–Crippen LogP) is 2.99. The maximum absolute atomic E-state index is 10.3. The van der Waals surface area contributed by atoms with E-state index in [1.165, 1.54) is 11.1 Å². The van der Waals surface area contributed by atoms with Crippen LogP contribution in [-0.2, 0) is 9.59 Å². The van der Waals surface area contributed by atoms with Gasteiger partial charge in [-0.15, -0.1) is 0 Å². The van der Waals surface area contributed by atoms with Crippen LogP contribution in [0.3, 0.4) is 0 Å². The molecule has 0 saturated heterocycles. The summed E-state index contributed by atoms with van der Waals surface area (Å²) in [4.78, 5) is 20.7. The summed E-state index contributed by atoms with van der Waals surface area (Å²) in [6.45, 7) is 4.19. The Hall–Kier alpha value is -1.84. The van der Waals surface area contributed by atoms with Crippen molar-refractivity contribution in [3.05, 3.63) is 35.4 Å². The molecule has 0 aliphatic rings. The van der Waals surface area contributed by atoms with Gasteiger partial charge in [0.2, 0.25) is 11.8 Å². The summed E-state index contributed by atoms with van der Waals surface area (Å²) in [6, 6.07) is 8.48. The van der Waals surface area contributed by atoms with E-state index < -0.39 is 0 Å². The summed E-state index contributed by atoms with van der Waals surface area (Å²) >= 11 is 0. The lowest BCUT2D eigenvalue weighted by molar-refractivity contribution is -0.118. The van der Waals surface area contributed by atoms with E-state index in [0.29, 0.717) is 12.8 Å². The van der Waals surface area contributed by atoms with Gasteiger partial charge in [0.05, 0.1) is 0 Å². The van der Waals surface area contributed by atoms with Gasteiger partial charge in [-0.2, -0.15) is 0 Å². The van der Waals surface area contributed by atoms with Crippen LogP contribution in [-0.4, -0.2) is 11.8 Å². The molecule has 0 bridgehead atoms. The molecule has 21 heavy (non-hydrogen) atoms. The van der Waals surface area contributed by atoms with Crippen molar-refractivity contribution < 1.29 is 9.59 Å². The molecule has 1 aromatic carbocycles. The molecule has 1 rings (SSSR count). The minimum atomic E-state index is -0.239. The van der Waals surface area contributed by atoms with Gasteiger partial charge in [0, 0.05) is 12.8 Å². The van der Waals surface area contributed by atoms with Crippen LogP contribution < -0.4 is 11.5 Å². The average Bonchev–Trinajstić information content (AvgIpc) is 2.41. The Morgan fingerprint density at radius 1 is 0.714 bits per heavy atom. The lowest BCUT2D eigenvalue weighted by Gasteiger charge is -1.98. The number of benzene rings is 1. The third-order valence-electron chi connectivity index (χ3n) is 3.06. The van der Waals surface area contributed by atoms with Crippen molar-refractivity contribution in [2.24, 2.45) is 11.5 Å². The van der Waals surface area contributed by atoms with Gasteiger partial charge < -0.3 is 11.5 Å². The van der Waals surface area contributed by atoms with E-state index in [0.717, 1.165) is 32.1 Å². The molecule has 0 atom stereocenters. The zero-order valence-electron chi connectivity index (χ0n) is 13.2. The van der Waals surface area contributed by atoms with E-state index in [-0.39, 0.29) is 11.8 Å². The second-order valence-electron chi connectivity index (χ2n) is 5.36. The Morgan fingerprint density at radius 2 is 1.00 bits per heavy atom. The predicted molar refractivity (Wildman–Crippen MR) is 86.6 cm³/mol. The minimum absolute atomic E-state index is 0.239. The van der Waals surface area contributed by atoms with Gasteiger partial charge in [0.1, 0.15) is 0 Å². The van der Waals surface area contributed by atoms with Crippen LogP contribution in [0.5, 0.6) is 0 Å². The van der Waals surface area contributed by atoms with Crippen molar-refractivity contribution in [1.29, 1.82) is 0 Å². The number of primary amides is 2. The van der Waals surface area contributed by atoms with E-state index in [4.69, 9.17) is 11.5 Å². The molecule has 0 aliphatic carbocycles. The van der Waals surface area contributed by atoms with E-state index in [1.54, 1.807) is 0 Å². The average molecular weight is 292 g/mol. The zero-order valence-corrected chi connectivity index (χ0v) is 13.2. The van der Waals surface area contributed by atoms with Crippen LogP contribution in [0.25, 0.3) is 0 Å². The van der Waals surface area contributed by atoms with Gasteiger partial charge in [0.15, 0.2) is 0 Å². The number of nitrogens with two attached hydrogens (primary N) is 2. The first-order chi connectivity index (χ1) is 9.91. The van der Waals surface area contributed by atoms with Gasteiger partial charge >= 0.3 is 0 Å². The third-order valence-corrected chi connectivity index (χ3v) is 3.06. The lowest BCUT2D eigenvalue weighted by Crippen LogP contribution is -2.10. The third kappa shape index (κ3) is 14.4. The molecule has 4 nitrogen and oxygen atoms in total. The molecule has 0 unspecified atom stereocenters. The standard InChI is InChI=1S/C9H18N2O2.C8H10/c10-8(12)6-4-2-1-3-5-7-9(11)13;1-7-3-5-8(2)6-4-7/h1-7H2,(H2,10,12)(H2,11,13);3-6H,1-2H3. The Bertz CT molecular complexity index is 374. The maximum Gasteiger partial charge on any atom is 0.217 e. The molecule has 118 valence electrons. The van der Waals surface area contributed by atoms with Crippen LogP contribution in [0.15, 0.2) is 24.3 Å². The summed E-state index contributed by atoms with van der Waals surface area (Å²) < 4.78 is 0. The van der Waals surface area contributed by atoms with Crippen molar-refractivity contribution in [1.82, 2.24) is 0 Å². The smallest absolute Gasteiger partial charge is 0.217 e. The lowest BCUT2D eigenvalue weighted by atomic mass is 10.1. The molecule has 0 fully saturated rings. The summed E-state index contributed by atoms with van der Waals surface area (Å²) in [6.07, 6.45) is 5.69. The molecule has 0 aliphatic heterocycles. The number of rotatable bonds is 8. The SMILES string of the molecule is Cc1ccc(C)cc1.NC(=O)CCCCCCCC(N)=O. The fourth-order valence-corrected chi connectivity index (χ4v) is 1.77. The van der Waals surface area contributed by atoms with E-state index >= 15 is 0 Å². The van der Waals surface area contributed by atoms with E-state index in [1.807, 2.05) is 0 Å². The first-order valence-electron chi connectivity index (χ1n) is 7.51. The van der Waals surface area contributed by atoms with Gasteiger partial charge in [-0.3, -0.25) is 9.59 Å². The molecular weight excluding hydrogens is 264 g/mol. The number of amides is 2. The summed E-state index contributed by atoms with van der Waals surface area (Å²) in [5.41, 5.74) is 12.6. The van der Waals surface area contributed by atoms with Gasteiger partial charge in [-0.1, -0.05) is 54.7 Å². The zero-order chi connectivity index (χ0) is 16.1. The van der Waals surface area contributed by atoms with Gasteiger partial charge in [-0.25, -0.2) is 0 Å². The number of aryl methyl sites for hydroxylation is 2. The largest absolute Gasteiger partial charge is 0.370 e. The Labute approximate surface area is 127 Å². The van der Waals surface area contributed by atoms with Crippen molar-refractivity contribution in [2.45, 2.75) is 58.8 Å². The first kappa shape index (κ1) is 19.2.